The Morgan fingerprint density at radius 3 is 1.32 bits per heavy atom. The Morgan fingerprint density at radius 2 is 0.971 bits per heavy atom. The lowest BCUT2D eigenvalue weighted by Crippen LogP contribution is -2.24. The van der Waals surface area contributed by atoms with Crippen molar-refractivity contribution in [2.45, 2.75) is 32.5 Å². The van der Waals surface area contributed by atoms with Gasteiger partial charge in [0.25, 0.3) is 0 Å². The molecule has 1 atom stereocenters. The molecule has 1 fully saturated rings. The van der Waals surface area contributed by atoms with E-state index in [2.05, 4.69) is 0 Å². The van der Waals surface area contributed by atoms with Gasteiger partial charge in [0.05, 0.1) is 99.1 Å². The predicted octanol–water partition coefficient (Wildman–Crippen LogP) is 1.21. The molecule has 0 aliphatic carbocycles. The van der Waals surface area contributed by atoms with Crippen molar-refractivity contribution >= 4 is 5.97 Å². The Kier molecular flexibility index (Phi) is 23.1. The maximum absolute atomic E-state index is 10.6. The minimum Gasteiger partial charge on any atom is -0.463 e. The van der Waals surface area contributed by atoms with E-state index in [4.69, 9.17) is 47.4 Å². The number of hydrogen-bond acceptors (Lipinski definition) is 11. The molecule has 0 bridgehead atoms. The summed E-state index contributed by atoms with van der Waals surface area (Å²) in [5, 5.41) is 0. The molecule has 202 valence electrons. The summed E-state index contributed by atoms with van der Waals surface area (Å²) in [7, 11) is 0. The zero-order valence-electron chi connectivity index (χ0n) is 20.7. The highest BCUT2D eigenvalue weighted by molar-refractivity contribution is 5.65. The minimum atomic E-state index is -0.307. The molecule has 1 rings (SSSR count). The summed E-state index contributed by atoms with van der Waals surface area (Å²) in [5.74, 6) is -0.307. The van der Waals surface area contributed by atoms with Crippen molar-refractivity contribution in [2.75, 3.05) is 112 Å². The first-order chi connectivity index (χ1) is 16.8. The second-order valence-electron chi connectivity index (χ2n) is 7.29. The van der Waals surface area contributed by atoms with Crippen LogP contribution in [0.2, 0.25) is 0 Å². The normalized spacial score (nSPS) is 16.1. The summed E-state index contributed by atoms with van der Waals surface area (Å²) < 4.78 is 53.6. The Morgan fingerprint density at radius 1 is 0.588 bits per heavy atom. The second-order valence-corrected chi connectivity index (χ2v) is 7.29. The molecule has 1 saturated heterocycles. The Hall–Kier alpha value is -0.890. The van der Waals surface area contributed by atoms with E-state index in [9.17, 15) is 4.79 Å². The van der Waals surface area contributed by atoms with Crippen LogP contribution in [0.3, 0.4) is 0 Å². The zero-order chi connectivity index (χ0) is 24.4. The van der Waals surface area contributed by atoms with Gasteiger partial charge in [-0.05, 0) is 19.3 Å². The zero-order valence-corrected chi connectivity index (χ0v) is 20.7. The Bertz CT molecular complexity index is 433. The molecule has 11 heteroatoms. The van der Waals surface area contributed by atoms with E-state index < -0.39 is 0 Å². The fraction of sp³-hybridized carbons (Fsp3) is 0.957. The van der Waals surface area contributed by atoms with Crippen LogP contribution in [0.4, 0.5) is 0 Å². The Balaban J connectivity index is 1.62. The van der Waals surface area contributed by atoms with E-state index >= 15 is 0 Å². The van der Waals surface area contributed by atoms with Crippen LogP contribution in [-0.2, 0) is 52.2 Å². The van der Waals surface area contributed by atoms with Gasteiger partial charge in [0.1, 0.15) is 6.61 Å². The van der Waals surface area contributed by atoms with Gasteiger partial charge in [-0.2, -0.15) is 0 Å². The van der Waals surface area contributed by atoms with Gasteiger partial charge in [0.2, 0.25) is 0 Å². The van der Waals surface area contributed by atoms with Crippen molar-refractivity contribution < 1.29 is 52.2 Å². The van der Waals surface area contributed by atoms with Crippen molar-refractivity contribution in [3.63, 3.8) is 0 Å². The van der Waals surface area contributed by atoms with Crippen LogP contribution in [0.25, 0.3) is 0 Å². The lowest BCUT2D eigenvalue weighted by atomic mass is 10.2. The van der Waals surface area contributed by atoms with Crippen LogP contribution >= 0.6 is 0 Å². The average molecular weight is 497 g/mol. The third-order valence-corrected chi connectivity index (χ3v) is 4.43. The topological polar surface area (TPSA) is 109 Å². The van der Waals surface area contributed by atoms with E-state index in [0.717, 1.165) is 19.4 Å². The number of hydrogen-bond donors (Lipinski definition) is 0. The summed E-state index contributed by atoms with van der Waals surface area (Å²) in [5.41, 5.74) is 0. The van der Waals surface area contributed by atoms with Crippen molar-refractivity contribution in [2.24, 2.45) is 0 Å². The lowest BCUT2D eigenvalue weighted by molar-refractivity contribution is -0.169. The van der Waals surface area contributed by atoms with Crippen molar-refractivity contribution in [3.05, 3.63) is 0 Å². The molecule has 34 heavy (non-hydrogen) atoms. The fourth-order valence-electron chi connectivity index (χ4n) is 2.75. The number of esters is 1. The van der Waals surface area contributed by atoms with Gasteiger partial charge >= 0.3 is 5.97 Å². The molecule has 0 aromatic carbocycles. The average Bonchev–Trinajstić information content (AvgIpc) is 2.84. The molecule has 0 aromatic rings. The third-order valence-electron chi connectivity index (χ3n) is 4.43. The molecule has 0 aromatic heterocycles. The molecule has 1 aliphatic heterocycles. The van der Waals surface area contributed by atoms with Gasteiger partial charge in [-0.25, -0.2) is 0 Å². The standard InChI is InChI=1S/C23H44O11/c1-22(24)32-20-18-30-16-14-28-12-10-26-8-6-25-7-9-27-11-13-29-15-17-31-19-21-34-23-4-2-3-5-33-23/h23H,2-21H2,1H3. The molecule has 0 spiro atoms. The first kappa shape index (κ1) is 31.1. The quantitative estimate of drug-likeness (QED) is 0.134. The number of carbonyl (C=O) groups excluding carboxylic acids is 1. The van der Waals surface area contributed by atoms with Crippen LogP contribution in [0.1, 0.15) is 26.2 Å². The molecular weight excluding hydrogens is 452 g/mol. The van der Waals surface area contributed by atoms with E-state index in [-0.39, 0.29) is 18.9 Å². The van der Waals surface area contributed by atoms with Gasteiger partial charge in [0, 0.05) is 13.5 Å². The first-order valence-corrected chi connectivity index (χ1v) is 12.2. The van der Waals surface area contributed by atoms with E-state index in [0.29, 0.717) is 99.1 Å². The van der Waals surface area contributed by atoms with Crippen LogP contribution in [0.5, 0.6) is 0 Å². The smallest absolute Gasteiger partial charge is 0.302 e. The SMILES string of the molecule is CC(=O)OCCOCCOCCOCCOCCOCCOCCOCCOC1CCCCO1. The monoisotopic (exact) mass is 496 g/mol. The summed E-state index contributed by atoms with van der Waals surface area (Å²) >= 11 is 0. The first-order valence-electron chi connectivity index (χ1n) is 12.2. The summed E-state index contributed by atoms with van der Waals surface area (Å²) in [6, 6.07) is 0. The van der Waals surface area contributed by atoms with E-state index in [1.165, 1.54) is 13.3 Å². The maximum Gasteiger partial charge on any atom is 0.302 e. The van der Waals surface area contributed by atoms with Gasteiger partial charge in [-0.3, -0.25) is 4.79 Å². The molecule has 0 N–H and O–H groups in total. The highest BCUT2D eigenvalue weighted by atomic mass is 16.7. The number of carbonyl (C=O) groups is 1. The lowest BCUT2D eigenvalue weighted by Gasteiger charge is -2.22. The molecule has 0 saturated carbocycles. The highest BCUT2D eigenvalue weighted by Crippen LogP contribution is 2.13. The molecular formula is C23H44O11. The van der Waals surface area contributed by atoms with Gasteiger partial charge in [0.15, 0.2) is 6.29 Å². The predicted molar refractivity (Wildman–Crippen MR) is 122 cm³/mol. The largest absolute Gasteiger partial charge is 0.463 e. The number of ether oxygens (including phenoxy) is 10. The van der Waals surface area contributed by atoms with Crippen molar-refractivity contribution in [1.29, 1.82) is 0 Å². The van der Waals surface area contributed by atoms with Crippen molar-refractivity contribution in [1.82, 2.24) is 0 Å². The summed E-state index contributed by atoms with van der Waals surface area (Å²) in [6.45, 7) is 9.94. The molecule has 1 unspecified atom stereocenters. The van der Waals surface area contributed by atoms with Crippen LogP contribution in [0.15, 0.2) is 0 Å². The molecule has 1 heterocycles. The van der Waals surface area contributed by atoms with Crippen LogP contribution in [0, 0.1) is 0 Å². The molecule has 0 amide bonds. The van der Waals surface area contributed by atoms with E-state index in [1.807, 2.05) is 0 Å². The van der Waals surface area contributed by atoms with Gasteiger partial charge < -0.3 is 47.4 Å². The Labute approximate surface area is 203 Å². The van der Waals surface area contributed by atoms with E-state index in [1.54, 1.807) is 0 Å². The summed E-state index contributed by atoms with van der Waals surface area (Å²) in [4.78, 5) is 10.6. The van der Waals surface area contributed by atoms with Crippen LogP contribution in [-0.4, -0.2) is 125 Å². The molecule has 0 radical (unpaired) electrons. The second kappa shape index (κ2) is 25.2. The molecule has 11 nitrogen and oxygen atoms in total. The maximum atomic E-state index is 10.6. The fourth-order valence-corrected chi connectivity index (χ4v) is 2.75. The van der Waals surface area contributed by atoms with Gasteiger partial charge in [-0.15, -0.1) is 0 Å². The highest BCUT2D eigenvalue weighted by Gasteiger charge is 2.13. The summed E-state index contributed by atoms with van der Waals surface area (Å²) in [6.07, 6.45) is 3.19. The third kappa shape index (κ3) is 22.9. The molecule has 1 aliphatic rings. The number of rotatable bonds is 25. The minimum absolute atomic E-state index is 0.0638. The van der Waals surface area contributed by atoms with Crippen LogP contribution < -0.4 is 0 Å². The van der Waals surface area contributed by atoms with Crippen molar-refractivity contribution in [3.8, 4) is 0 Å². The van der Waals surface area contributed by atoms with Gasteiger partial charge in [-0.1, -0.05) is 0 Å².